The molecule has 0 spiro atoms. The molecule has 2 rings (SSSR count). The standard InChI is InChI=1S/C14H27N3O.HI/c1-15-13(16-10-12-6-5-7-12)17-11-14(18)8-3-2-4-9-14;/h12,18H,2-11H2,1H3,(H2,15,16,17);1H. The van der Waals surface area contributed by atoms with Crippen molar-refractivity contribution in [2.24, 2.45) is 10.9 Å². The van der Waals surface area contributed by atoms with Crippen LogP contribution in [0.15, 0.2) is 4.99 Å². The number of rotatable bonds is 4. The predicted octanol–water partition coefficient (Wildman–Crippen LogP) is 2.26. The van der Waals surface area contributed by atoms with Crippen LogP contribution in [-0.2, 0) is 0 Å². The van der Waals surface area contributed by atoms with E-state index in [4.69, 9.17) is 0 Å². The van der Waals surface area contributed by atoms with Crippen molar-refractivity contribution in [1.29, 1.82) is 0 Å². The summed E-state index contributed by atoms with van der Waals surface area (Å²) in [5.41, 5.74) is -0.521. The van der Waals surface area contributed by atoms with Gasteiger partial charge in [-0.25, -0.2) is 0 Å². The van der Waals surface area contributed by atoms with Crippen molar-refractivity contribution in [3.05, 3.63) is 0 Å². The lowest BCUT2D eigenvalue weighted by Crippen LogP contribution is -2.49. The van der Waals surface area contributed by atoms with E-state index >= 15 is 0 Å². The van der Waals surface area contributed by atoms with Crippen LogP contribution in [0, 0.1) is 5.92 Å². The fourth-order valence-corrected chi connectivity index (χ4v) is 2.79. The zero-order chi connectivity index (χ0) is 12.8. The van der Waals surface area contributed by atoms with Crippen LogP contribution in [0.2, 0.25) is 0 Å². The first kappa shape index (κ1) is 17.0. The molecule has 19 heavy (non-hydrogen) atoms. The molecule has 2 saturated carbocycles. The molecule has 2 aliphatic rings. The van der Waals surface area contributed by atoms with Gasteiger partial charge in [-0.05, 0) is 31.6 Å². The number of hydrogen-bond donors (Lipinski definition) is 3. The van der Waals surface area contributed by atoms with Crippen LogP contribution in [-0.4, -0.2) is 36.8 Å². The van der Waals surface area contributed by atoms with Crippen LogP contribution >= 0.6 is 24.0 Å². The molecular weight excluding hydrogens is 353 g/mol. The van der Waals surface area contributed by atoms with Gasteiger partial charge >= 0.3 is 0 Å². The third-order valence-electron chi connectivity index (χ3n) is 4.38. The van der Waals surface area contributed by atoms with Gasteiger partial charge in [-0.2, -0.15) is 0 Å². The second-order valence-electron chi connectivity index (χ2n) is 5.89. The Kier molecular flexibility index (Phi) is 7.42. The van der Waals surface area contributed by atoms with E-state index in [2.05, 4.69) is 15.6 Å². The highest BCUT2D eigenvalue weighted by Gasteiger charge is 2.29. The number of nitrogens with zero attached hydrogens (tertiary/aromatic N) is 1. The average Bonchev–Trinajstić information content (AvgIpc) is 2.32. The van der Waals surface area contributed by atoms with E-state index in [9.17, 15) is 5.11 Å². The molecule has 0 unspecified atom stereocenters. The van der Waals surface area contributed by atoms with E-state index < -0.39 is 5.60 Å². The number of guanidine groups is 1. The molecule has 2 fully saturated rings. The molecule has 0 saturated heterocycles. The number of hydrogen-bond acceptors (Lipinski definition) is 2. The van der Waals surface area contributed by atoms with Gasteiger partial charge in [0.05, 0.1) is 5.60 Å². The smallest absolute Gasteiger partial charge is 0.191 e. The van der Waals surface area contributed by atoms with E-state index in [1.54, 1.807) is 7.05 Å². The molecule has 2 aliphatic carbocycles. The molecule has 0 aromatic carbocycles. The summed E-state index contributed by atoms with van der Waals surface area (Å²) in [5.74, 6) is 1.65. The summed E-state index contributed by atoms with van der Waals surface area (Å²) in [5, 5.41) is 17.0. The Morgan fingerprint density at radius 3 is 2.37 bits per heavy atom. The van der Waals surface area contributed by atoms with Gasteiger partial charge in [0.15, 0.2) is 5.96 Å². The number of aliphatic imine (C=N–C) groups is 1. The molecule has 4 nitrogen and oxygen atoms in total. The Labute approximate surface area is 133 Å². The monoisotopic (exact) mass is 381 g/mol. The van der Waals surface area contributed by atoms with E-state index in [-0.39, 0.29) is 24.0 Å². The highest BCUT2D eigenvalue weighted by molar-refractivity contribution is 14.0. The van der Waals surface area contributed by atoms with Gasteiger partial charge < -0.3 is 15.7 Å². The highest BCUT2D eigenvalue weighted by atomic mass is 127. The molecule has 0 aromatic heterocycles. The summed E-state index contributed by atoms with van der Waals surface area (Å²) in [6.45, 7) is 1.63. The summed E-state index contributed by atoms with van der Waals surface area (Å²) in [7, 11) is 1.79. The summed E-state index contributed by atoms with van der Waals surface area (Å²) >= 11 is 0. The van der Waals surface area contributed by atoms with E-state index in [0.29, 0.717) is 6.54 Å². The molecule has 0 heterocycles. The Hall–Kier alpha value is -0.0400. The molecule has 0 atom stereocenters. The van der Waals surface area contributed by atoms with E-state index in [1.165, 1.54) is 25.7 Å². The molecule has 0 aromatic rings. The first-order valence-electron chi connectivity index (χ1n) is 7.39. The lowest BCUT2D eigenvalue weighted by atomic mass is 9.85. The van der Waals surface area contributed by atoms with Crippen molar-refractivity contribution < 1.29 is 5.11 Å². The molecular formula is C14H28IN3O. The second-order valence-corrected chi connectivity index (χ2v) is 5.89. The fraction of sp³-hybridized carbons (Fsp3) is 0.929. The van der Waals surface area contributed by atoms with Crippen LogP contribution in [0.25, 0.3) is 0 Å². The van der Waals surface area contributed by atoms with Crippen LogP contribution in [0.3, 0.4) is 0 Å². The first-order chi connectivity index (χ1) is 8.72. The molecule has 5 heteroatoms. The molecule has 112 valence electrons. The van der Waals surface area contributed by atoms with Gasteiger partial charge in [0.1, 0.15) is 0 Å². The maximum atomic E-state index is 10.4. The summed E-state index contributed by atoms with van der Waals surface area (Å²) in [6.07, 6.45) is 9.44. The predicted molar refractivity (Wildman–Crippen MR) is 90.2 cm³/mol. The Balaban J connectivity index is 0.00000180. The van der Waals surface area contributed by atoms with Crippen molar-refractivity contribution >= 4 is 29.9 Å². The number of aliphatic hydroxyl groups is 1. The van der Waals surface area contributed by atoms with Crippen LogP contribution in [0.4, 0.5) is 0 Å². The highest BCUT2D eigenvalue weighted by Crippen LogP contribution is 2.27. The molecule has 0 bridgehead atoms. The molecule has 3 N–H and O–H groups in total. The van der Waals surface area contributed by atoms with E-state index in [1.807, 2.05) is 0 Å². The van der Waals surface area contributed by atoms with Gasteiger partial charge in [0.2, 0.25) is 0 Å². The normalized spacial score (nSPS) is 23.2. The van der Waals surface area contributed by atoms with Crippen molar-refractivity contribution in [2.75, 3.05) is 20.1 Å². The minimum absolute atomic E-state index is 0. The molecule has 0 amide bonds. The summed E-state index contributed by atoms with van der Waals surface area (Å²) < 4.78 is 0. The largest absolute Gasteiger partial charge is 0.388 e. The zero-order valence-corrected chi connectivity index (χ0v) is 14.3. The maximum absolute atomic E-state index is 10.4. The Morgan fingerprint density at radius 1 is 1.16 bits per heavy atom. The number of halogens is 1. The van der Waals surface area contributed by atoms with Gasteiger partial charge in [-0.3, -0.25) is 4.99 Å². The zero-order valence-electron chi connectivity index (χ0n) is 12.0. The lowest BCUT2D eigenvalue weighted by Gasteiger charge is -2.33. The van der Waals surface area contributed by atoms with Crippen molar-refractivity contribution in [1.82, 2.24) is 10.6 Å². The van der Waals surface area contributed by atoms with E-state index in [0.717, 1.165) is 44.1 Å². The molecule has 0 aliphatic heterocycles. The van der Waals surface area contributed by atoms with Gasteiger partial charge in [0, 0.05) is 20.1 Å². The number of nitrogens with one attached hydrogen (secondary N) is 2. The fourth-order valence-electron chi connectivity index (χ4n) is 2.79. The van der Waals surface area contributed by atoms with Crippen molar-refractivity contribution in [3.63, 3.8) is 0 Å². The van der Waals surface area contributed by atoms with Crippen molar-refractivity contribution in [3.8, 4) is 0 Å². The quantitative estimate of drug-likeness (QED) is 0.398. The Morgan fingerprint density at radius 2 is 1.84 bits per heavy atom. The van der Waals surface area contributed by atoms with Crippen LogP contribution in [0.5, 0.6) is 0 Å². The minimum atomic E-state index is -0.521. The first-order valence-corrected chi connectivity index (χ1v) is 7.39. The van der Waals surface area contributed by atoms with Gasteiger partial charge in [-0.1, -0.05) is 25.7 Å². The van der Waals surface area contributed by atoms with Gasteiger partial charge in [0.25, 0.3) is 0 Å². The summed E-state index contributed by atoms with van der Waals surface area (Å²) in [6, 6.07) is 0. The third-order valence-corrected chi connectivity index (χ3v) is 4.38. The van der Waals surface area contributed by atoms with Crippen LogP contribution < -0.4 is 10.6 Å². The lowest BCUT2D eigenvalue weighted by molar-refractivity contribution is 0.00857. The summed E-state index contributed by atoms with van der Waals surface area (Å²) in [4.78, 5) is 4.22. The topological polar surface area (TPSA) is 56.7 Å². The SMILES string of the molecule is CN=C(NCC1CCC1)NCC1(O)CCCCC1.I. The van der Waals surface area contributed by atoms with Gasteiger partial charge in [-0.15, -0.1) is 24.0 Å². The Bertz CT molecular complexity index is 286. The van der Waals surface area contributed by atoms with Crippen LogP contribution in [0.1, 0.15) is 51.4 Å². The third kappa shape index (κ3) is 5.45. The molecule has 0 radical (unpaired) electrons. The minimum Gasteiger partial charge on any atom is -0.388 e. The second kappa shape index (κ2) is 8.29. The van der Waals surface area contributed by atoms with Crippen molar-refractivity contribution in [2.45, 2.75) is 57.0 Å². The average molecular weight is 381 g/mol. The maximum Gasteiger partial charge on any atom is 0.191 e.